The van der Waals surface area contributed by atoms with Gasteiger partial charge >= 0.3 is 0 Å². The van der Waals surface area contributed by atoms with Crippen molar-refractivity contribution in [1.29, 1.82) is 0 Å². The molecule has 0 nitrogen and oxygen atoms in total. The third kappa shape index (κ3) is 1.99. The van der Waals surface area contributed by atoms with Gasteiger partial charge in [-0.15, -0.1) is 0 Å². The first kappa shape index (κ1) is 8.93. The first-order chi connectivity index (χ1) is 5.92. The molecule has 1 heteroatoms. The Morgan fingerprint density at radius 2 is 2.17 bits per heavy atom. The van der Waals surface area contributed by atoms with Crippen LogP contribution in [-0.4, -0.2) is 10.5 Å². The third-order valence-electron chi connectivity index (χ3n) is 3.33. The van der Waals surface area contributed by atoms with Gasteiger partial charge in [0.2, 0.25) is 0 Å². The lowest BCUT2D eigenvalue weighted by Gasteiger charge is -2.19. The van der Waals surface area contributed by atoms with Crippen LogP contribution in [0.2, 0.25) is 0 Å². The molecule has 2 fully saturated rings. The van der Waals surface area contributed by atoms with Crippen LogP contribution in [-0.2, 0) is 0 Å². The second kappa shape index (κ2) is 4.04. The zero-order valence-corrected chi connectivity index (χ0v) is 8.91. The molecule has 3 atom stereocenters. The summed E-state index contributed by atoms with van der Waals surface area (Å²) in [6.45, 7) is 2.30. The summed E-state index contributed by atoms with van der Waals surface area (Å²) in [6, 6.07) is 0. The maximum atomic E-state index is 2.30. The molecular formula is C11H20S. The van der Waals surface area contributed by atoms with Crippen LogP contribution in [0.3, 0.4) is 0 Å². The lowest BCUT2D eigenvalue weighted by atomic mass is 9.86. The summed E-state index contributed by atoms with van der Waals surface area (Å²) in [5, 5.41) is 2.21. The van der Waals surface area contributed by atoms with E-state index in [0.29, 0.717) is 0 Å². The molecule has 0 spiro atoms. The van der Waals surface area contributed by atoms with Crippen molar-refractivity contribution in [2.45, 2.75) is 62.4 Å². The molecule has 70 valence electrons. The van der Waals surface area contributed by atoms with Gasteiger partial charge in [-0.25, -0.2) is 0 Å². The van der Waals surface area contributed by atoms with E-state index in [-0.39, 0.29) is 0 Å². The van der Waals surface area contributed by atoms with Crippen LogP contribution in [0.1, 0.15) is 51.9 Å². The van der Waals surface area contributed by atoms with Crippen molar-refractivity contribution in [2.24, 2.45) is 5.92 Å². The Morgan fingerprint density at radius 1 is 1.25 bits per heavy atom. The molecule has 0 N–H and O–H groups in total. The highest BCUT2D eigenvalue weighted by Gasteiger charge is 2.45. The lowest BCUT2D eigenvalue weighted by Crippen LogP contribution is -2.15. The quantitative estimate of drug-likeness (QED) is 0.472. The minimum Gasteiger partial charge on any atom is -0.153 e. The number of rotatable bonds is 4. The van der Waals surface area contributed by atoms with E-state index in [1.165, 1.54) is 44.9 Å². The van der Waals surface area contributed by atoms with E-state index < -0.39 is 0 Å². The van der Waals surface area contributed by atoms with Gasteiger partial charge in [0.15, 0.2) is 0 Å². The van der Waals surface area contributed by atoms with Gasteiger partial charge < -0.3 is 0 Å². The van der Waals surface area contributed by atoms with Crippen molar-refractivity contribution >= 4 is 11.8 Å². The van der Waals surface area contributed by atoms with Crippen molar-refractivity contribution < 1.29 is 0 Å². The Hall–Kier alpha value is 0.350. The molecule has 2 aliphatic rings. The standard InChI is InChI=1S/C11H20S/c1-2-3-4-6-9-7-5-8-10-11(9)12-10/h9-11H,2-8H2,1H3. The van der Waals surface area contributed by atoms with Gasteiger partial charge in [-0.1, -0.05) is 32.6 Å². The van der Waals surface area contributed by atoms with Crippen molar-refractivity contribution in [1.82, 2.24) is 0 Å². The highest BCUT2D eigenvalue weighted by molar-refractivity contribution is 8.07. The van der Waals surface area contributed by atoms with Gasteiger partial charge in [0.1, 0.15) is 0 Å². The molecular weight excluding hydrogens is 164 g/mol. The van der Waals surface area contributed by atoms with Gasteiger partial charge in [0.25, 0.3) is 0 Å². The minimum atomic E-state index is 1.10. The normalized spacial score (nSPS) is 39.2. The molecule has 0 aromatic carbocycles. The van der Waals surface area contributed by atoms with Gasteiger partial charge in [0, 0.05) is 10.5 Å². The zero-order valence-electron chi connectivity index (χ0n) is 8.09. The third-order valence-corrected chi connectivity index (χ3v) is 4.92. The Bertz CT molecular complexity index is 144. The van der Waals surface area contributed by atoms with Crippen LogP contribution in [0.15, 0.2) is 0 Å². The first-order valence-corrected chi connectivity index (χ1v) is 6.51. The Morgan fingerprint density at radius 3 is 3.00 bits per heavy atom. The van der Waals surface area contributed by atoms with Gasteiger partial charge in [-0.2, -0.15) is 11.8 Å². The summed E-state index contributed by atoms with van der Waals surface area (Å²) >= 11 is 2.27. The van der Waals surface area contributed by atoms with Crippen molar-refractivity contribution in [3.8, 4) is 0 Å². The van der Waals surface area contributed by atoms with Crippen LogP contribution in [0.25, 0.3) is 0 Å². The number of unbranched alkanes of at least 4 members (excludes halogenated alkanes) is 2. The lowest BCUT2D eigenvalue weighted by molar-refractivity contribution is 0.374. The molecule has 0 aromatic heterocycles. The maximum Gasteiger partial charge on any atom is 0.0198 e. The van der Waals surface area contributed by atoms with Crippen LogP contribution in [0, 0.1) is 5.92 Å². The smallest absolute Gasteiger partial charge is 0.0198 e. The van der Waals surface area contributed by atoms with Crippen molar-refractivity contribution in [3.05, 3.63) is 0 Å². The molecule has 1 saturated carbocycles. The largest absolute Gasteiger partial charge is 0.153 e. The monoisotopic (exact) mass is 184 g/mol. The van der Waals surface area contributed by atoms with Crippen molar-refractivity contribution in [2.75, 3.05) is 0 Å². The van der Waals surface area contributed by atoms with E-state index in [1.54, 1.807) is 0 Å². The van der Waals surface area contributed by atoms with E-state index in [0.717, 1.165) is 16.4 Å². The Balaban J connectivity index is 1.66. The van der Waals surface area contributed by atoms with Crippen LogP contribution in [0.4, 0.5) is 0 Å². The summed E-state index contributed by atoms with van der Waals surface area (Å²) in [4.78, 5) is 0. The van der Waals surface area contributed by atoms with E-state index in [1.807, 2.05) is 0 Å². The van der Waals surface area contributed by atoms with Gasteiger partial charge in [0.05, 0.1) is 0 Å². The van der Waals surface area contributed by atoms with Crippen molar-refractivity contribution in [3.63, 3.8) is 0 Å². The topological polar surface area (TPSA) is 0 Å². The second-order valence-electron chi connectivity index (χ2n) is 4.33. The summed E-state index contributed by atoms with van der Waals surface area (Å²) in [6.07, 6.45) is 10.4. The maximum absolute atomic E-state index is 2.30. The fraction of sp³-hybridized carbons (Fsp3) is 1.00. The molecule has 3 unspecified atom stereocenters. The number of hydrogen-bond donors (Lipinski definition) is 0. The van der Waals surface area contributed by atoms with E-state index in [9.17, 15) is 0 Å². The van der Waals surface area contributed by atoms with E-state index in [4.69, 9.17) is 0 Å². The van der Waals surface area contributed by atoms with Gasteiger partial charge in [-0.05, 0) is 25.2 Å². The van der Waals surface area contributed by atoms with Crippen LogP contribution >= 0.6 is 11.8 Å². The molecule has 1 heterocycles. The molecule has 1 saturated heterocycles. The van der Waals surface area contributed by atoms with Crippen LogP contribution < -0.4 is 0 Å². The summed E-state index contributed by atoms with van der Waals surface area (Å²) in [5.74, 6) is 1.11. The highest BCUT2D eigenvalue weighted by Crippen LogP contribution is 2.54. The zero-order chi connectivity index (χ0) is 8.39. The average Bonchev–Trinajstić information content (AvgIpc) is 2.84. The molecule has 0 aromatic rings. The number of fused-ring (bicyclic) bond motifs is 1. The molecule has 0 amide bonds. The summed E-state index contributed by atoms with van der Waals surface area (Å²) in [5.41, 5.74) is 0. The average molecular weight is 184 g/mol. The SMILES string of the molecule is CCCCCC1CCCC2SC12. The first-order valence-electron chi connectivity index (χ1n) is 5.57. The Labute approximate surface area is 80.5 Å². The Kier molecular flexibility index (Phi) is 3.00. The van der Waals surface area contributed by atoms with E-state index >= 15 is 0 Å². The molecule has 1 aliphatic carbocycles. The predicted octanol–water partition coefficient (Wildman–Crippen LogP) is 3.85. The van der Waals surface area contributed by atoms with Crippen LogP contribution in [0.5, 0.6) is 0 Å². The number of hydrogen-bond acceptors (Lipinski definition) is 1. The highest BCUT2D eigenvalue weighted by atomic mass is 32.2. The molecule has 12 heavy (non-hydrogen) atoms. The van der Waals surface area contributed by atoms with E-state index in [2.05, 4.69) is 18.7 Å². The summed E-state index contributed by atoms with van der Waals surface area (Å²) in [7, 11) is 0. The minimum absolute atomic E-state index is 1.10. The fourth-order valence-corrected chi connectivity index (χ4v) is 3.98. The molecule has 1 aliphatic heterocycles. The molecule has 2 rings (SSSR count). The number of thioether (sulfide) groups is 1. The van der Waals surface area contributed by atoms with Gasteiger partial charge in [-0.3, -0.25) is 0 Å². The molecule has 0 bridgehead atoms. The predicted molar refractivity (Wildman–Crippen MR) is 56.7 cm³/mol. The second-order valence-corrected chi connectivity index (χ2v) is 5.75. The molecule has 0 radical (unpaired) electrons. The fourth-order valence-electron chi connectivity index (χ4n) is 2.51. The summed E-state index contributed by atoms with van der Waals surface area (Å²) < 4.78 is 0.